The molecule has 4 bridgehead atoms. The van der Waals surface area contributed by atoms with Crippen molar-refractivity contribution in [3.05, 3.63) is 59.2 Å². The first-order valence-electron chi connectivity index (χ1n) is 10.2. The summed E-state index contributed by atoms with van der Waals surface area (Å²) < 4.78 is 5.92. The lowest BCUT2D eigenvalue weighted by Crippen LogP contribution is -2.53. The van der Waals surface area contributed by atoms with Crippen molar-refractivity contribution in [2.24, 2.45) is 0 Å². The largest absolute Gasteiger partial charge is 0.366 e. The van der Waals surface area contributed by atoms with Crippen molar-refractivity contribution in [3.63, 3.8) is 0 Å². The number of aromatic nitrogens is 2. The maximum absolute atomic E-state index is 12.9. The second-order valence-electron chi connectivity index (χ2n) is 7.65. The molecule has 2 atom stereocenters. The number of nitrogens with zero attached hydrogens (tertiary/aromatic N) is 2. The number of nitrogens with one attached hydrogen (secondary N) is 2. The van der Waals surface area contributed by atoms with Crippen LogP contribution in [0.3, 0.4) is 0 Å². The van der Waals surface area contributed by atoms with E-state index in [4.69, 9.17) is 4.74 Å². The van der Waals surface area contributed by atoms with E-state index in [0.29, 0.717) is 29.2 Å². The Labute approximate surface area is 170 Å². The Morgan fingerprint density at radius 2 is 1.41 bits per heavy atom. The Morgan fingerprint density at radius 3 is 1.83 bits per heavy atom. The SMILES string of the molecule is CCC1(OC)c2cccc(n2)C(=O)N[C@H]2CCCC[C@@H]2NC(=O)c2cccc1n2. The first kappa shape index (κ1) is 19.5. The van der Waals surface area contributed by atoms with Crippen LogP contribution in [0.1, 0.15) is 71.4 Å². The van der Waals surface area contributed by atoms with Crippen LogP contribution >= 0.6 is 0 Å². The van der Waals surface area contributed by atoms with Gasteiger partial charge in [0.25, 0.3) is 11.8 Å². The topological polar surface area (TPSA) is 93.2 Å². The lowest BCUT2D eigenvalue weighted by molar-refractivity contribution is 0.0111. The molecular weight excluding hydrogens is 368 g/mol. The van der Waals surface area contributed by atoms with Gasteiger partial charge in [0.1, 0.15) is 11.4 Å². The number of fused-ring (bicyclic) bond motifs is 5. The standard InChI is InChI=1S/C22H26N4O3/c1-3-22(29-2)18-12-6-10-16(23-18)20(27)25-14-8-4-5-9-15(14)26-21(28)17-11-7-13-19(22)24-17/h6-7,10-15H,3-5,8-9H2,1-2H3,(H,25,27)(H,26,28)/t14-,15-/m0/s1. The van der Waals surface area contributed by atoms with Crippen LogP contribution in [0.25, 0.3) is 0 Å². The number of hydrogen-bond donors (Lipinski definition) is 2. The number of methoxy groups -OCH3 is 1. The Hall–Kier alpha value is -2.80. The van der Waals surface area contributed by atoms with Crippen molar-refractivity contribution in [1.82, 2.24) is 20.6 Å². The van der Waals surface area contributed by atoms with Gasteiger partial charge in [0.15, 0.2) is 5.60 Å². The molecule has 0 unspecified atom stereocenters. The summed E-state index contributed by atoms with van der Waals surface area (Å²) in [5.74, 6) is -0.476. The van der Waals surface area contributed by atoms with E-state index in [1.807, 2.05) is 31.2 Å². The molecule has 0 radical (unpaired) electrons. The number of ether oxygens (including phenoxy) is 1. The summed E-state index contributed by atoms with van der Waals surface area (Å²) in [5.41, 5.74) is 0.916. The second-order valence-corrected chi connectivity index (χ2v) is 7.65. The number of rotatable bonds is 2. The van der Waals surface area contributed by atoms with Crippen LogP contribution in [0, 0.1) is 0 Å². The lowest BCUT2D eigenvalue weighted by atomic mass is 9.90. The number of hydrogen-bond acceptors (Lipinski definition) is 5. The van der Waals surface area contributed by atoms with E-state index in [-0.39, 0.29) is 23.9 Å². The molecule has 2 amide bonds. The van der Waals surface area contributed by atoms with Gasteiger partial charge >= 0.3 is 0 Å². The third-order valence-corrected chi connectivity index (χ3v) is 6.04. The molecule has 0 saturated heterocycles. The van der Waals surface area contributed by atoms with Crippen LogP contribution in [0.2, 0.25) is 0 Å². The second kappa shape index (κ2) is 7.91. The Kier molecular flexibility index (Phi) is 5.32. The molecule has 2 N–H and O–H groups in total. The maximum Gasteiger partial charge on any atom is 0.270 e. The van der Waals surface area contributed by atoms with Crippen LogP contribution < -0.4 is 10.6 Å². The molecule has 2 aromatic heterocycles. The van der Waals surface area contributed by atoms with Gasteiger partial charge in [-0.15, -0.1) is 0 Å². The van der Waals surface area contributed by atoms with E-state index in [1.54, 1.807) is 19.2 Å². The highest BCUT2D eigenvalue weighted by molar-refractivity contribution is 5.94. The fourth-order valence-electron chi connectivity index (χ4n) is 4.38. The van der Waals surface area contributed by atoms with Gasteiger partial charge in [-0.3, -0.25) is 9.59 Å². The normalized spacial score (nSPS) is 23.5. The van der Waals surface area contributed by atoms with E-state index < -0.39 is 5.60 Å². The average molecular weight is 394 g/mol. The summed E-state index contributed by atoms with van der Waals surface area (Å²) in [5, 5.41) is 6.16. The van der Waals surface area contributed by atoms with Crippen molar-refractivity contribution >= 4 is 11.8 Å². The van der Waals surface area contributed by atoms with Crippen LogP contribution in [-0.4, -0.2) is 41.0 Å². The minimum absolute atomic E-state index is 0.132. The molecule has 0 aromatic carbocycles. The summed E-state index contributed by atoms with van der Waals surface area (Å²) in [6.07, 6.45) is 4.22. The van der Waals surface area contributed by atoms with Crippen LogP contribution in [0.15, 0.2) is 36.4 Å². The molecule has 3 heterocycles. The van der Waals surface area contributed by atoms with Gasteiger partial charge in [0.2, 0.25) is 0 Å². The van der Waals surface area contributed by atoms with Gasteiger partial charge in [0.05, 0.1) is 11.4 Å². The molecule has 0 spiro atoms. The highest BCUT2D eigenvalue weighted by atomic mass is 16.5. The first-order chi connectivity index (χ1) is 14.1. The molecule has 152 valence electrons. The van der Waals surface area contributed by atoms with Gasteiger partial charge in [0, 0.05) is 19.2 Å². The van der Waals surface area contributed by atoms with Crippen molar-refractivity contribution in [3.8, 4) is 0 Å². The van der Waals surface area contributed by atoms with Crippen LogP contribution in [0.4, 0.5) is 0 Å². The monoisotopic (exact) mass is 394 g/mol. The van der Waals surface area contributed by atoms with Crippen molar-refractivity contribution in [2.75, 3.05) is 7.11 Å². The lowest BCUT2D eigenvalue weighted by Gasteiger charge is -2.32. The summed E-state index contributed by atoms with van der Waals surface area (Å²) in [4.78, 5) is 35.2. The maximum atomic E-state index is 12.9. The van der Waals surface area contributed by atoms with E-state index in [1.165, 1.54) is 0 Å². The predicted molar refractivity (Wildman–Crippen MR) is 108 cm³/mol. The highest BCUT2D eigenvalue weighted by Crippen LogP contribution is 2.34. The molecule has 1 aliphatic carbocycles. The third-order valence-electron chi connectivity index (χ3n) is 6.04. The molecule has 1 saturated carbocycles. The van der Waals surface area contributed by atoms with Gasteiger partial charge in [-0.25, -0.2) is 9.97 Å². The summed E-state index contributed by atoms with van der Waals surface area (Å²) in [6, 6.07) is 10.4. The summed E-state index contributed by atoms with van der Waals surface area (Å²) in [6.45, 7) is 1.97. The first-order valence-corrected chi connectivity index (χ1v) is 10.2. The van der Waals surface area contributed by atoms with Crippen LogP contribution in [0.5, 0.6) is 0 Å². The Morgan fingerprint density at radius 1 is 0.931 bits per heavy atom. The average Bonchev–Trinajstić information content (AvgIpc) is 2.76. The van der Waals surface area contributed by atoms with Gasteiger partial charge < -0.3 is 15.4 Å². The summed E-state index contributed by atoms with van der Waals surface area (Å²) in [7, 11) is 1.60. The minimum Gasteiger partial charge on any atom is -0.366 e. The minimum atomic E-state index is -0.951. The van der Waals surface area contributed by atoms with Crippen molar-refractivity contribution in [1.29, 1.82) is 0 Å². The van der Waals surface area contributed by atoms with Crippen LogP contribution in [-0.2, 0) is 10.3 Å². The number of amides is 2. The fraction of sp³-hybridized carbons (Fsp3) is 0.455. The zero-order valence-electron chi connectivity index (χ0n) is 16.8. The smallest absolute Gasteiger partial charge is 0.270 e. The molecule has 7 nitrogen and oxygen atoms in total. The number of pyridine rings is 2. The quantitative estimate of drug-likeness (QED) is 0.817. The summed E-state index contributed by atoms with van der Waals surface area (Å²) >= 11 is 0. The highest BCUT2D eigenvalue weighted by Gasteiger charge is 2.37. The van der Waals surface area contributed by atoms with E-state index in [9.17, 15) is 9.59 Å². The molecular formula is C22H26N4O3. The molecule has 29 heavy (non-hydrogen) atoms. The number of carbonyl (C=O) groups excluding carboxylic acids is 2. The fourth-order valence-corrected chi connectivity index (χ4v) is 4.38. The predicted octanol–water partition coefficient (Wildman–Crippen LogP) is 2.56. The van der Waals surface area contributed by atoms with Crippen molar-refractivity contribution < 1.29 is 14.3 Å². The van der Waals surface area contributed by atoms with E-state index in [0.717, 1.165) is 25.7 Å². The van der Waals surface area contributed by atoms with E-state index >= 15 is 0 Å². The zero-order chi connectivity index (χ0) is 20.4. The molecule has 1 fully saturated rings. The third kappa shape index (κ3) is 3.51. The molecule has 4 rings (SSSR count). The molecule has 1 aliphatic heterocycles. The zero-order valence-corrected chi connectivity index (χ0v) is 16.8. The van der Waals surface area contributed by atoms with Gasteiger partial charge in [-0.1, -0.05) is 31.9 Å². The number of carbonyl (C=O) groups is 2. The molecule has 2 aromatic rings. The molecule has 2 aliphatic rings. The van der Waals surface area contributed by atoms with E-state index in [2.05, 4.69) is 20.6 Å². The molecule has 7 heteroatoms. The Balaban J connectivity index is 1.89. The Bertz CT molecular complexity index is 854. The van der Waals surface area contributed by atoms with Crippen molar-refractivity contribution in [2.45, 2.75) is 56.7 Å². The van der Waals surface area contributed by atoms with Gasteiger partial charge in [-0.05, 0) is 43.5 Å². The van der Waals surface area contributed by atoms with Gasteiger partial charge in [-0.2, -0.15) is 0 Å².